The molecule has 2 atom stereocenters. The van der Waals surface area contributed by atoms with E-state index in [-0.39, 0.29) is 11.9 Å². The third-order valence-corrected chi connectivity index (χ3v) is 3.52. The molecule has 0 radical (unpaired) electrons. The SMILES string of the molecule is CC(C)CNC(=O)C(C)N(C)C1CCCNC1. The van der Waals surface area contributed by atoms with Crippen LogP contribution >= 0.6 is 0 Å². The molecule has 1 fully saturated rings. The summed E-state index contributed by atoms with van der Waals surface area (Å²) in [6.07, 6.45) is 2.39. The van der Waals surface area contributed by atoms with E-state index >= 15 is 0 Å². The summed E-state index contributed by atoms with van der Waals surface area (Å²) in [7, 11) is 2.05. The van der Waals surface area contributed by atoms with E-state index in [2.05, 4.69) is 36.4 Å². The fourth-order valence-electron chi connectivity index (χ4n) is 2.13. The Balaban J connectivity index is 2.38. The van der Waals surface area contributed by atoms with Crippen molar-refractivity contribution in [2.75, 3.05) is 26.7 Å². The maximum absolute atomic E-state index is 12.0. The second kappa shape index (κ2) is 6.97. The van der Waals surface area contributed by atoms with Crippen molar-refractivity contribution in [1.82, 2.24) is 15.5 Å². The number of carbonyl (C=O) groups is 1. The highest BCUT2D eigenvalue weighted by molar-refractivity contribution is 5.81. The lowest BCUT2D eigenvalue weighted by atomic mass is 10.0. The predicted octanol–water partition coefficient (Wildman–Crippen LogP) is 0.831. The van der Waals surface area contributed by atoms with Crippen LogP contribution in [0.2, 0.25) is 0 Å². The van der Waals surface area contributed by atoms with Gasteiger partial charge in [0.25, 0.3) is 0 Å². The Morgan fingerprint density at radius 3 is 2.71 bits per heavy atom. The van der Waals surface area contributed by atoms with Crippen molar-refractivity contribution in [3.8, 4) is 0 Å². The van der Waals surface area contributed by atoms with Crippen LogP contribution in [-0.2, 0) is 4.79 Å². The standard InChI is InChI=1S/C13H27N3O/c1-10(2)8-15-13(17)11(3)16(4)12-6-5-7-14-9-12/h10-12,14H,5-9H2,1-4H3,(H,15,17). The Morgan fingerprint density at radius 2 is 2.18 bits per heavy atom. The van der Waals surface area contributed by atoms with E-state index in [0.29, 0.717) is 12.0 Å². The predicted molar refractivity (Wildman–Crippen MR) is 71.0 cm³/mol. The third-order valence-electron chi connectivity index (χ3n) is 3.52. The summed E-state index contributed by atoms with van der Waals surface area (Å²) < 4.78 is 0. The van der Waals surface area contributed by atoms with Crippen LogP contribution in [-0.4, -0.2) is 49.6 Å². The smallest absolute Gasteiger partial charge is 0.237 e. The molecule has 1 heterocycles. The first-order valence-corrected chi connectivity index (χ1v) is 6.72. The Bertz CT molecular complexity index is 237. The van der Waals surface area contributed by atoms with Crippen molar-refractivity contribution < 1.29 is 4.79 Å². The number of piperidine rings is 1. The largest absolute Gasteiger partial charge is 0.354 e. The van der Waals surface area contributed by atoms with Gasteiger partial charge in [-0.2, -0.15) is 0 Å². The van der Waals surface area contributed by atoms with Crippen LogP contribution < -0.4 is 10.6 Å². The molecule has 4 nitrogen and oxygen atoms in total. The molecule has 1 saturated heterocycles. The highest BCUT2D eigenvalue weighted by Crippen LogP contribution is 2.11. The summed E-state index contributed by atoms with van der Waals surface area (Å²) in [5.41, 5.74) is 0. The zero-order valence-corrected chi connectivity index (χ0v) is 11.6. The van der Waals surface area contributed by atoms with Crippen LogP contribution in [0.5, 0.6) is 0 Å². The lowest BCUT2D eigenvalue weighted by molar-refractivity contribution is -0.126. The highest BCUT2D eigenvalue weighted by atomic mass is 16.2. The van der Waals surface area contributed by atoms with Gasteiger partial charge in [-0.3, -0.25) is 9.69 Å². The fourth-order valence-corrected chi connectivity index (χ4v) is 2.13. The minimum atomic E-state index is -0.0429. The van der Waals surface area contributed by atoms with E-state index in [0.717, 1.165) is 19.6 Å². The van der Waals surface area contributed by atoms with Crippen molar-refractivity contribution in [2.45, 2.75) is 45.7 Å². The van der Waals surface area contributed by atoms with Gasteiger partial charge in [0.05, 0.1) is 6.04 Å². The monoisotopic (exact) mass is 241 g/mol. The van der Waals surface area contributed by atoms with Crippen molar-refractivity contribution in [2.24, 2.45) is 5.92 Å². The van der Waals surface area contributed by atoms with Gasteiger partial charge in [-0.1, -0.05) is 13.8 Å². The molecular weight excluding hydrogens is 214 g/mol. The van der Waals surface area contributed by atoms with Gasteiger partial charge in [0.2, 0.25) is 5.91 Å². The molecule has 17 heavy (non-hydrogen) atoms. The van der Waals surface area contributed by atoms with Crippen LogP contribution in [0, 0.1) is 5.92 Å². The number of carbonyl (C=O) groups excluding carboxylic acids is 1. The lowest BCUT2D eigenvalue weighted by Crippen LogP contribution is -2.52. The van der Waals surface area contributed by atoms with E-state index in [1.54, 1.807) is 0 Å². The maximum Gasteiger partial charge on any atom is 0.237 e. The van der Waals surface area contributed by atoms with Crippen molar-refractivity contribution in [1.29, 1.82) is 0 Å². The first-order valence-electron chi connectivity index (χ1n) is 6.72. The van der Waals surface area contributed by atoms with E-state index in [9.17, 15) is 4.79 Å². The number of nitrogens with zero attached hydrogens (tertiary/aromatic N) is 1. The lowest BCUT2D eigenvalue weighted by Gasteiger charge is -2.35. The van der Waals surface area contributed by atoms with E-state index in [1.165, 1.54) is 12.8 Å². The molecule has 4 heteroatoms. The zero-order valence-electron chi connectivity index (χ0n) is 11.6. The molecular formula is C13H27N3O. The zero-order chi connectivity index (χ0) is 12.8. The number of hydrogen-bond donors (Lipinski definition) is 2. The van der Waals surface area contributed by atoms with Crippen molar-refractivity contribution in [3.05, 3.63) is 0 Å². The molecule has 0 spiro atoms. The van der Waals surface area contributed by atoms with Gasteiger partial charge in [0.15, 0.2) is 0 Å². The highest BCUT2D eigenvalue weighted by Gasteiger charge is 2.25. The summed E-state index contributed by atoms with van der Waals surface area (Å²) in [4.78, 5) is 14.2. The topological polar surface area (TPSA) is 44.4 Å². The van der Waals surface area contributed by atoms with Gasteiger partial charge >= 0.3 is 0 Å². The molecule has 0 aromatic rings. The molecule has 1 aliphatic rings. The van der Waals surface area contributed by atoms with Crippen LogP contribution in [0.25, 0.3) is 0 Å². The molecule has 100 valence electrons. The Labute approximate surface area is 105 Å². The van der Waals surface area contributed by atoms with Crippen LogP contribution in [0.15, 0.2) is 0 Å². The second-order valence-corrected chi connectivity index (χ2v) is 5.48. The van der Waals surface area contributed by atoms with Crippen LogP contribution in [0.1, 0.15) is 33.6 Å². The number of likely N-dealkylation sites (N-methyl/N-ethyl adjacent to an activating group) is 1. The third kappa shape index (κ3) is 4.64. The molecule has 0 aromatic carbocycles. The number of rotatable bonds is 5. The van der Waals surface area contributed by atoms with Gasteiger partial charge in [0, 0.05) is 19.1 Å². The quantitative estimate of drug-likeness (QED) is 0.749. The molecule has 0 aliphatic carbocycles. The molecule has 2 N–H and O–H groups in total. The fraction of sp³-hybridized carbons (Fsp3) is 0.923. The normalized spacial score (nSPS) is 22.8. The first kappa shape index (κ1) is 14.5. The van der Waals surface area contributed by atoms with Crippen LogP contribution in [0.3, 0.4) is 0 Å². The molecule has 0 bridgehead atoms. The molecule has 0 saturated carbocycles. The second-order valence-electron chi connectivity index (χ2n) is 5.48. The van der Waals surface area contributed by atoms with Crippen LogP contribution in [0.4, 0.5) is 0 Å². The molecule has 1 amide bonds. The van der Waals surface area contributed by atoms with E-state index < -0.39 is 0 Å². The summed E-state index contributed by atoms with van der Waals surface area (Å²) in [6, 6.07) is 0.446. The summed E-state index contributed by atoms with van der Waals surface area (Å²) >= 11 is 0. The van der Waals surface area contributed by atoms with Gasteiger partial charge < -0.3 is 10.6 Å². The molecule has 2 unspecified atom stereocenters. The van der Waals surface area contributed by atoms with Gasteiger partial charge in [-0.25, -0.2) is 0 Å². The summed E-state index contributed by atoms with van der Waals surface area (Å²) in [6.45, 7) is 9.08. The van der Waals surface area contributed by atoms with Gasteiger partial charge in [-0.05, 0) is 39.3 Å². The Morgan fingerprint density at radius 1 is 1.47 bits per heavy atom. The molecule has 1 rings (SSSR count). The average molecular weight is 241 g/mol. The van der Waals surface area contributed by atoms with Crippen molar-refractivity contribution >= 4 is 5.91 Å². The summed E-state index contributed by atoms with van der Waals surface area (Å²) in [5, 5.41) is 6.39. The minimum absolute atomic E-state index is 0.0429. The molecule has 0 aromatic heterocycles. The van der Waals surface area contributed by atoms with E-state index in [1.807, 2.05) is 6.92 Å². The minimum Gasteiger partial charge on any atom is -0.354 e. The number of nitrogens with one attached hydrogen (secondary N) is 2. The average Bonchev–Trinajstić information content (AvgIpc) is 2.35. The maximum atomic E-state index is 12.0. The van der Waals surface area contributed by atoms with E-state index in [4.69, 9.17) is 0 Å². The Kier molecular flexibility index (Phi) is 5.92. The Hall–Kier alpha value is -0.610. The number of hydrogen-bond acceptors (Lipinski definition) is 3. The van der Waals surface area contributed by atoms with Gasteiger partial charge in [-0.15, -0.1) is 0 Å². The van der Waals surface area contributed by atoms with Gasteiger partial charge in [0.1, 0.15) is 0 Å². The number of amides is 1. The summed E-state index contributed by atoms with van der Waals surface area (Å²) in [5.74, 6) is 0.652. The first-order chi connectivity index (χ1) is 8.02. The molecule has 1 aliphatic heterocycles. The van der Waals surface area contributed by atoms with Crippen molar-refractivity contribution in [3.63, 3.8) is 0 Å².